The van der Waals surface area contributed by atoms with Crippen molar-refractivity contribution in [3.8, 4) is 0 Å². The summed E-state index contributed by atoms with van der Waals surface area (Å²) in [5.74, 6) is -3.89. The summed E-state index contributed by atoms with van der Waals surface area (Å²) in [6.07, 6.45) is 32.2. The van der Waals surface area contributed by atoms with Gasteiger partial charge in [0, 0.05) is 19.3 Å². The number of carboxylic acid groups (broad SMARTS) is 3. The molecule has 0 spiro atoms. The van der Waals surface area contributed by atoms with Crippen LogP contribution in [0.5, 0.6) is 0 Å². The molecule has 0 heterocycles. The van der Waals surface area contributed by atoms with Crippen molar-refractivity contribution in [2.24, 2.45) is 17.8 Å². The summed E-state index contributed by atoms with van der Waals surface area (Å²) in [5.41, 5.74) is 0. The SMILES string of the molecule is CC/C=C/CCCCCCCCCCCCCCCCCCCC[N+](CCC(C)C(=O)O)(CCC(C)C(=O)O)CCC(C)C(=O)O. The second kappa shape index (κ2) is 29.3. The minimum absolute atomic E-state index is 0.478. The molecule has 3 unspecified atom stereocenters. The average molecular weight is 653 g/mol. The van der Waals surface area contributed by atoms with Gasteiger partial charge in [-0.1, -0.05) is 136 Å². The summed E-state index contributed by atoms with van der Waals surface area (Å²) >= 11 is 0. The maximum atomic E-state index is 11.5. The van der Waals surface area contributed by atoms with E-state index in [1.54, 1.807) is 20.8 Å². The quantitative estimate of drug-likeness (QED) is 0.0362. The number of carboxylic acids is 3. The van der Waals surface area contributed by atoms with Gasteiger partial charge in [-0.15, -0.1) is 0 Å². The lowest BCUT2D eigenvalue weighted by Crippen LogP contribution is -2.52. The highest BCUT2D eigenvalue weighted by molar-refractivity contribution is 5.70. The zero-order valence-corrected chi connectivity index (χ0v) is 30.5. The van der Waals surface area contributed by atoms with Crippen LogP contribution in [0.15, 0.2) is 12.2 Å². The molecular formula is C39H74NO6+. The lowest BCUT2D eigenvalue weighted by atomic mass is 10.0. The van der Waals surface area contributed by atoms with E-state index < -0.39 is 35.7 Å². The Morgan fingerprint density at radius 1 is 0.457 bits per heavy atom. The fraction of sp³-hybridized carbons (Fsp3) is 0.872. The van der Waals surface area contributed by atoms with Gasteiger partial charge >= 0.3 is 17.9 Å². The molecule has 3 atom stereocenters. The van der Waals surface area contributed by atoms with Crippen LogP contribution < -0.4 is 0 Å². The van der Waals surface area contributed by atoms with Gasteiger partial charge in [0.05, 0.1) is 43.9 Å². The number of rotatable bonds is 34. The second-order valence-corrected chi connectivity index (χ2v) is 14.4. The van der Waals surface area contributed by atoms with Crippen molar-refractivity contribution in [3.63, 3.8) is 0 Å². The molecule has 0 aromatic rings. The zero-order chi connectivity index (χ0) is 34.5. The van der Waals surface area contributed by atoms with Gasteiger partial charge < -0.3 is 19.8 Å². The molecule has 0 aromatic heterocycles. The lowest BCUT2D eigenvalue weighted by molar-refractivity contribution is -0.929. The van der Waals surface area contributed by atoms with Crippen molar-refractivity contribution < 1.29 is 34.2 Å². The highest BCUT2D eigenvalue weighted by atomic mass is 16.4. The van der Waals surface area contributed by atoms with Crippen LogP contribution in [0.25, 0.3) is 0 Å². The number of hydrogen-bond donors (Lipinski definition) is 3. The first-order valence-corrected chi connectivity index (χ1v) is 19.2. The Bertz CT molecular complexity index is 738. The van der Waals surface area contributed by atoms with E-state index in [2.05, 4.69) is 19.1 Å². The third-order valence-electron chi connectivity index (χ3n) is 10.0. The largest absolute Gasteiger partial charge is 0.481 e. The molecule has 46 heavy (non-hydrogen) atoms. The number of quaternary nitrogens is 1. The predicted molar refractivity (Wildman–Crippen MR) is 191 cm³/mol. The van der Waals surface area contributed by atoms with Crippen LogP contribution in [0, 0.1) is 17.8 Å². The molecule has 0 amide bonds. The Balaban J connectivity index is 4.25. The molecule has 3 N–H and O–H groups in total. The third-order valence-corrected chi connectivity index (χ3v) is 10.0. The van der Waals surface area contributed by atoms with Gasteiger partial charge in [-0.25, -0.2) is 0 Å². The van der Waals surface area contributed by atoms with E-state index in [0.29, 0.717) is 43.4 Å². The second-order valence-electron chi connectivity index (χ2n) is 14.4. The zero-order valence-electron chi connectivity index (χ0n) is 30.5. The number of carbonyl (C=O) groups is 3. The molecule has 0 aliphatic rings. The first-order valence-electron chi connectivity index (χ1n) is 19.2. The number of unbranched alkanes of at least 4 members (excludes halogenated alkanes) is 18. The van der Waals surface area contributed by atoms with Crippen molar-refractivity contribution in [1.29, 1.82) is 0 Å². The molecule has 0 rings (SSSR count). The molecule has 0 aliphatic heterocycles. The lowest BCUT2D eigenvalue weighted by Gasteiger charge is -2.40. The summed E-state index contributed by atoms with van der Waals surface area (Å²) in [5, 5.41) is 28.4. The van der Waals surface area contributed by atoms with Crippen molar-refractivity contribution in [2.75, 3.05) is 26.2 Å². The van der Waals surface area contributed by atoms with E-state index in [1.165, 1.54) is 109 Å². The number of allylic oxidation sites excluding steroid dienone is 2. The van der Waals surface area contributed by atoms with E-state index >= 15 is 0 Å². The Hall–Kier alpha value is -1.89. The molecule has 7 nitrogen and oxygen atoms in total. The topological polar surface area (TPSA) is 112 Å². The van der Waals surface area contributed by atoms with Crippen molar-refractivity contribution in [3.05, 3.63) is 12.2 Å². The standard InChI is InChI=1S/C39H73NO6/c1-5-6-7-8-9-10-11-12-13-14-15-16-17-18-19-20-21-22-23-24-25-26-30-40(31-27-34(2)37(41)42,32-28-35(3)38(43)44)33-29-36(4)39(45)46/h6-7,34-36H,5,8-33H2,1-4H3,(H2-,41,42,43,44,45,46)/p+1/b7-6+. The fourth-order valence-electron chi connectivity index (χ4n) is 6.27. The molecule has 0 fully saturated rings. The maximum absolute atomic E-state index is 11.5. The molecule has 0 aromatic carbocycles. The van der Waals surface area contributed by atoms with E-state index in [0.717, 1.165) is 25.8 Å². The van der Waals surface area contributed by atoms with Gasteiger partial charge in [-0.3, -0.25) is 14.4 Å². The Labute approximate surface area is 283 Å². The van der Waals surface area contributed by atoms with Crippen LogP contribution in [0.3, 0.4) is 0 Å². The minimum Gasteiger partial charge on any atom is -0.481 e. The van der Waals surface area contributed by atoms with Gasteiger partial charge in [-0.2, -0.15) is 0 Å². The van der Waals surface area contributed by atoms with Gasteiger partial charge in [0.25, 0.3) is 0 Å². The summed E-state index contributed by atoms with van der Waals surface area (Å²) in [7, 11) is 0. The highest BCUT2D eigenvalue weighted by Crippen LogP contribution is 2.22. The molecule has 0 saturated heterocycles. The van der Waals surface area contributed by atoms with Crippen LogP contribution in [-0.2, 0) is 14.4 Å². The van der Waals surface area contributed by atoms with E-state index in [1.807, 2.05) is 0 Å². The normalized spacial score (nSPS) is 15.0. The van der Waals surface area contributed by atoms with Crippen LogP contribution in [0.1, 0.15) is 175 Å². The molecule has 0 bridgehead atoms. The van der Waals surface area contributed by atoms with Crippen molar-refractivity contribution >= 4 is 17.9 Å². The Morgan fingerprint density at radius 3 is 1.02 bits per heavy atom. The monoisotopic (exact) mass is 653 g/mol. The Morgan fingerprint density at radius 2 is 0.739 bits per heavy atom. The summed E-state index contributed by atoms with van der Waals surface area (Å²) in [6, 6.07) is 0. The van der Waals surface area contributed by atoms with E-state index in [-0.39, 0.29) is 0 Å². The molecule has 0 aliphatic carbocycles. The van der Waals surface area contributed by atoms with Crippen LogP contribution in [0.4, 0.5) is 0 Å². The maximum Gasteiger partial charge on any atom is 0.306 e. The van der Waals surface area contributed by atoms with Gasteiger partial charge in [0.15, 0.2) is 0 Å². The van der Waals surface area contributed by atoms with Gasteiger partial charge in [0.1, 0.15) is 0 Å². The first-order chi connectivity index (χ1) is 22.0. The van der Waals surface area contributed by atoms with Gasteiger partial charge in [-0.05, 0) is 32.1 Å². The predicted octanol–water partition coefficient (Wildman–Crippen LogP) is 10.5. The van der Waals surface area contributed by atoms with E-state index in [9.17, 15) is 29.7 Å². The fourth-order valence-corrected chi connectivity index (χ4v) is 6.27. The van der Waals surface area contributed by atoms with Crippen LogP contribution >= 0.6 is 0 Å². The molecule has 270 valence electrons. The van der Waals surface area contributed by atoms with E-state index in [4.69, 9.17) is 0 Å². The average Bonchev–Trinajstić information content (AvgIpc) is 3.03. The molecular weight excluding hydrogens is 578 g/mol. The molecule has 7 heteroatoms. The number of aliphatic carboxylic acids is 3. The highest BCUT2D eigenvalue weighted by Gasteiger charge is 2.31. The van der Waals surface area contributed by atoms with Crippen molar-refractivity contribution in [2.45, 2.75) is 175 Å². The smallest absolute Gasteiger partial charge is 0.306 e. The van der Waals surface area contributed by atoms with Crippen LogP contribution in [0.2, 0.25) is 0 Å². The van der Waals surface area contributed by atoms with Crippen LogP contribution in [-0.4, -0.2) is 63.9 Å². The number of hydrogen-bond acceptors (Lipinski definition) is 3. The number of nitrogens with zero attached hydrogens (tertiary/aromatic N) is 1. The summed E-state index contributed by atoms with van der Waals surface area (Å²) in [6.45, 7) is 10.1. The van der Waals surface area contributed by atoms with Gasteiger partial charge in [0.2, 0.25) is 0 Å². The summed E-state index contributed by atoms with van der Waals surface area (Å²) in [4.78, 5) is 34.6. The molecule has 0 saturated carbocycles. The Kier molecular flexibility index (Phi) is 28.1. The first kappa shape index (κ1) is 44.1. The third kappa shape index (κ3) is 25.2. The summed E-state index contributed by atoms with van der Waals surface area (Å²) < 4.78 is 0.615. The molecule has 0 radical (unpaired) electrons. The van der Waals surface area contributed by atoms with Crippen molar-refractivity contribution in [1.82, 2.24) is 0 Å². The minimum atomic E-state index is -0.821.